The molecular weight excluding hydrogens is 250 g/mol. The van der Waals surface area contributed by atoms with Crippen molar-refractivity contribution in [3.05, 3.63) is 23.8 Å². The fraction of sp³-hybridized carbons (Fsp3) is 0.647. The van der Waals surface area contributed by atoms with E-state index < -0.39 is 0 Å². The average molecular weight is 277 g/mol. The van der Waals surface area contributed by atoms with Crippen LogP contribution in [0.15, 0.2) is 18.2 Å². The molecule has 0 saturated carbocycles. The maximum Gasteiger partial charge on any atom is 0.161 e. The maximum atomic E-state index is 5.80. The highest BCUT2D eigenvalue weighted by Gasteiger charge is 2.26. The predicted molar refractivity (Wildman–Crippen MR) is 82.5 cm³/mol. The standard InChI is InChI=1S/C17H27NO2/c1-5-9-18-16(17(2,3)4)13-7-8-14-15(12-13)20-11-6-10-19-14/h7-8,12,16,18H,5-6,9-11H2,1-4H3. The minimum Gasteiger partial charge on any atom is -0.490 e. The van der Waals surface area contributed by atoms with Gasteiger partial charge in [-0.2, -0.15) is 0 Å². The fourth-order valence-electron chi connectivity index (χ4n) is 2.57. The zero-order valence-corrected chi connectivity index (χ0v) is 13.2. The lowest BCUT2D eigenvalue weighted by atomic mass is 9.82. The zero-order chi connectivity index (χ0) is 14.6. The van der Waals surface area contributed by atoms with Gasteiger partial charge in [-0.05, 0) is 36.1 Å². The molecule has 3 heteroatoms. The molecule has 0 saturated heterocycles. The molecule has 0 aromatic heterocycles. The summed E-state index contributed by atoms with van der Waals surface area (Å²) >= 11 is 0. The molecule has 1 N–H and O–H groups in total. The Kier molecular flexibility index (Phi) is 4.92. The Balaban J connectivity index is 2.27. The smallest absolute Gasteiger partial charge is 0.161 e. The number of ether oxygens (including phenoxy) is 2. The normalized spacial score (nSPS) is 16.6. The number of hydrogen-bond acceptors (Lipinski definition) is 3. The Hall–Kier alpha value is -1.22. The summed E-state index contributed by atoms with van der Waals surface area (Å²) in [6.45, 7) is 11.5. The molecule has 1 atom stereocenters. The Morgan fingerprint density at radius 3 is 2.50 bits per heavy atom. The highest BCUT2D eigenvalue weighted by Crippen LogP contribution is 2.38. The molecule has 112 valence electrons. The molecule has 0 radical (unpaired) electrons. The number of fused-ring (bicyclic) bond motifs is 1. The second-order valence-corrected chi connectivity index (χ2v) is 6.51. The van der Waals surface area contributed by atoms with E-state index in [1.165, 1.54) is 5.56 Å². The minimum absolute atomic E-state index is 0.162. The quantitative estimate of drug-likeness (QED) is 0.904. The second kappa shape index (κ2) is 6.49. The first kappa shape index (κ1) is 15.2. The third-order valence-corrected chi connectivity index (χ3v) is 3.57. The molecule has 1 heterocycles. The van der Waals surface area contributed by atoms with Crippen molar-refractivity contribution in [1.82, 2.24) is 5.32 Å². The van der Waals surface area contributed by atoms with Crippen LogP contribution in [0.5, 0.6) is 11.5 Å². The molecule has 1 aliphatic rings. The van der Waals surface area contributed by atoms with Crippen LogP contribution in [0.2, 0.25) is 0 Å². The highest BCUT2D eigenvalue weighted by molar-refractivity contribution is 5.44. The molecule has 1 aliphatic heterocycles. The van der Waals surface area contributed by atoms with Gasteiger partial charge in [-0.15, -0.1) is 0 Å². The van der Waals surface area contributed by atoms with Crippen molar-refractivity contribution in [2.45, 2.75) is 46.6 Å². The van der Waals surface area contributed by atoms with Gasteiger partial charge in [0.25, 0.3) is 0 Å². The third kappa shape index (κ3) is 3.66. The van der Waals surface area contributed by atoms with E-state index in [0.717, 1.165) is 44.1 Å². The van der Waals surface area contributed by atoms with E-state index >= 15 is 0 Å². The predicted octanol–water partition coefficient (Wildman–Crippen LogP) is 3.93. The van der Waals surface area contributed by atoms with Crippen LogP contribution in [-0.4, -0.2) is 19.8 Å². The molecule has 0 amide bonds. The van der Waals surface area contributed by atoms with Gasteiger partial charge in [-0.1, -0.05) is 33.8 Å². The second-order valence-electron chi connectivity index (χ2n) is 6.51. The molecule has 1 unspecified atom stereocenters. The fourth-order valence-corrected chi connectivity index (χ4v) is 2.57. The van der Waals surface area contributed by atoms with Crippen molar-refractivity contribution in [2.24, 2.45) is 5.41 Å². The van der Waals surface area contributed by atoms with Crippen molar-refractivity contribution < 1.29 is 9.47 Å². The lowest BCUT2D eigenvalue weighted by Gasteiger charge is -2.32. The van der Waals surface area contributed by atoms with Crippen LogP contribution in [-0.2, 0) is 0 Å². The Bertz CT molecular complexity index is 437. The molecule has 1 aromatic carbocycles. The van der Waals surface area contributed by atoms with Gasteiger partial charge in [0.2, 0.25) is 0 Å². The van der Waals surface area contributed by atoms with Crippen molar-refractivity contribution in [2.75, 3.05) is 19.8 Å². The van der Waals surface area contributed by atoms with Crippen molar-refractivity contribution >= 4 is 0 Å². The van der Waals surface area contributed by atoms with E-state index in [9.17, 15) is 0 Å². The summed E-state index contributed by atoms with van der Waals surface area (Å²) in [4.78, 5) is 0. The average Bonchev–Trinajstić information content (AvgIpc) is 2.62. The van der Waals surface area contributed by atoms with Crippen molar-refractivity contribution in [3.8, 4) is 11.5 Å². The van der Waals surface area contributed by atoms with Gasteiger partial charge in [0.05, 0.1) is 13.2 Å². The summed E-state index contributed by atoms with van der Waals surface area (Å²) in [5.41, 5.74) is 1.44. The Morgan fingerprint density at radius 2 is 1.85 bits per heavy atom. The molecule has 1 aromatic rings. The van der Waals surface area contributed by atoms with Crippen molar-refractivity contribution in [3.63, 3.8) is 0 Å². The molecule has 2 rings (SSSR count). The van der Waals surface area contributed by atoms with Crippen molar-refractivity contribution in [1.29, 1.82) is 0 Å². The van der Waals surface area contributed by atoms with Crippen LogP contribution in [0.3, 0.4) is 0 Å². The first-order chi connectivity index (χ1) is 9.52. The van der Waals surface area contributed by atoms with Gasteiger partial charge >= 0.3 is 0 Å². The number of nitrogens with one attached hydrogen (secondary N) is 1. The largest absolute Gasteiger partial charge is 0.490 e. The summed E-state index contributed by atoms with van der Waals surface area (Å²) in [5.74, 6) is 1.75. The first-order valence-corrected chi connectivity index (χ1v) is 7.65. The lowest BCUT2D eigenvalue weighted by molar-refractivity contribution is 0.271. The number of rotatable bonds is 4. The van der Waals surface area contributed by atoms with Crippen LogP contribution in [0, 0.1) is 5.41 Å². The van der Waals surface area contributed by atoms with E-state index in [4.69, 9.17) is 9.47 Å². The van der Waals surface area contributed by atoms with Gasteiger partial charge in [-0.25, -0.2) is 0 Å². The van der Waals surface area contributed by atoms with Gasteiger partial charge in [0.1, 0.15) is 0 Å². The summed E-state index contributed by atoms with van der Waals surface area (Å²) in [5, 5.41) is 3.65. The lowest BCUT2D eigenvalue weighted by Crippen LogP contribution is -2.32. The monoisotopic (exact) mass is 277 g/mol. The van der Waals surface area contributed by atoms with Crippen LogP contribution in [0.1, 0.15) is 52.1 Å². The maximum absolute atomic E-state index is 5.80. The minimum atomic E-state index is 0.162. The topological polar surface area (TPSA) is 30.5 Å². The SMILES string of the molecule is CCCNC(c1ccc2c(c1)OCCCO2)C(C)(C)C. The summed E-state index contributed by atoms with van der Waals surface area (Å²) in [6, 6.07) is 6.66. The van der Waals surface area contributed by atoms with Crippen LogP contribution in [0.4, 0.5) is 0 Å². The molecule has 3 nitrogen and oxygen atoms in total. The molecule has 0 spiro atoms. The summed E-state index contributed by atoms with van der Waals surface area (Å²) in [6.07, 6.45) is 2.08. The van der Waals surface area contributed by atoms with Gasteiger partial charge in [0, 0.05) is 12.5 Å². The number of benzene rings is 1. The van der Waals surface area contributed by atoms with E-state index in [1.54, 1.807) is 0 Å². The zero-order valence-electron chi connectivity index (χ0n) is 13.2. The Labute approximate surface area is 122 Å². The molecule has 0 bridgehead atoms. The van der Waals surface area contributed by atoms with E-state index in [0.29, 0.717) is 6.04 Å². The number of hydrogen-bond donors (Lipinski definition) is 1. The summed E-state index contributed by atoms with van der Waals surface area (Å²) < 4.78 is 11.5. The van der Waals surface area contributed by atoms with Crippen LogP contribution < -0.4 is 14.8 Å². The molecule has 0 fully saturated rings. The molecule has 20 heavy (non-hydrogen) atoms. The third-order valence-electron chi connectivity index (χ3n) is 3.57. The van der Waals surface area contributed by atoms with Crippen LogP contribution >= 0.6 is 0 Å². The van der Waals surface area contributed by atoms with Crippen LogP contribution in [0.25, 0.3) is 0 Å². The molecule has 0 aliphatic carbocycles. The van der Waals surface area contributed by atoms with E-state index in [1.807, 2.05) is 6.07 Å². The van der Waals surface area contributed by atoms with E-state index in [-0.39, 0.29) is 5.41 Å². The highest BCUT2D eigenvalue weighted by atomic mass is 16.5. The Morgan fingerprint density at radius 1 is 1.15 bits per heavy atom. The van der Waals surface area contributed by atoms with Gasteiger partial charge in [0.15, 0.2) is 11.5 Å². The first-order valence-electron chi connectivity index (χ1n) is 7.65. The molecular formula is C17H27NO2. The summed E-state index contributed by atoms with van der Waals surface area (Å²) in [7, 11) is 0. The van der Waals surface area contributed by atoms with E-state index in [2.05, 4.69) is 45.1 Å². The van der Waals surface area contributed by atoms with Gasteiger partial charge in [-0.3, -0.25) is 0 Å². The van der Waals surface area contributed by atoms with Gasteiger partial charge < -0.3 is 14.8 Å².